The number of carbonyl (C=O) groups excluding carboxylic acids is 1. The van der Waals surface area contributed by atoms with E-state index in [4.69, 9.17) is 4.74 Å². The summed E-state index contributed by atoms with van der Waals surface area (Å²) in [6.45, 7) is 0.529. The molecule has 0 aliphatic carbocycles. The fourth-order valence-corrected chi connectivity index (χ4v) is 2.60. The van der Waals surface area contributed by atoms with E-state index in [1.807, 2.05) is 0 Å². The van der Waals surface area contributed by atoms with E-state index in [9.17, 15) is 14.9 Å². The van der Waals surface area contributed by atoms with Crippen molar-refractivity contribution >= 4 is 17.3 Å². The van der Waals surface area contributed by atoms with E-state index in [2.05, 4.69) is 0 Å². The predicted molar refractivity (Wildman–Crippen MR) is 81.5 cm³/mol. The third-order valence-corrected chi connectivity index (χ3v) is 3.75. The first-order valence-electron chi connectivity index (χ1n) is 6.83. The highest BCUT2D eigenvalue weighted by Gasteiger charge is 2.27. The van der Waals surface area contributed by atoms with Gasteiger partial charge in [-0.1, -0.05) is 0 Å². The summed E-state index contributed by atoms with van der Waals surface area (Å²) < 4.78 is 5.08. The summed E-state index contributed by atoms with van der Waals surface area (Å²) in [7, 11) is 1.57. The van der Waals surface area contributed by atoms with Crippen LogP contribution in [0.2, 0.25) is 0 Å². The fourth-order valence-electron chi connectivity index (χ4n) is 2.60. The van der Waals surface area contributed by atoms with E-state index in [-0.39, 0.29) is 11.6 Å². The van der Waals surface area contributed by atoms with Crippen molar-refractivity contribution in [2.24, 2.45) is 0 Å². The first kappa shape index (κ1) is 14.1. The lowest BCUT2D eigenvalue weighted by molar-refractivity contribution is -0.384. The molecule has 0 atom stereocenters. The van der Waals surface area contributed by atoms with E-state index in [1.165, 1.54) is 12.1 Å². The molecule has 0 saturated heterocycles. The van der Waals surface area contributed by atoms with Gasteiger partial charge in [0, 0.05) is 29.9 Å². The average molecular weight is 298 g/mol. The normalized spacial score (nSPS) is 12.9. The molecule has 6 nitrogen and oxygen atoms in total. The van der Waals surface area contributed by atoms with Gasteiger partial charge in [-0.3, -0.25) is 14.9 Å². The van der Waals surface area contributed by atoms with E-state index in [0.717, 1.165) is 11.3 Å². The molecule has 1 heterocycles. The number of hydrogen-bond acceptors (Lipinski definition) is 4. The van der Waals surface area contributed by atoms with Crippen molar-refractivity contribution in [1.29, 1.82) is 0 Å². The van der Waals surface area contributed by atoms with Crippen molar-refractivity contribution < 1.29 is 14.5 Å². The highest BCUT2D eigenvalue weighted by atomic mass is 16.6. The maximum Gasteiger partial charge on any atom is 0.269 e. The van der Waals surface area contributed by atoms with Crippen molar-refractivity contribution in [3.8, 4) is 5.75 Å². The molecule has 2 aromatic rings. The highest BCUT2D eigenvalue weighted by Crippen LogP contribution is 2.32. The molecular formula is C16H14N2O4. The number of amides is 1. The van der Waals surface area contributed by atoms with Gasteiger partial charge in [-0.25, -0.2) is 0 Å². The Kier molecular flexibility index (Phi) is 3.50. The van der Waals surface area contributed by atoms with Crippen LogP contribution in [-0.4, -0.2) is 24.5 Å². The number of anilines is 1. The quantitative estimate of drug-likeness (QED) is 0.645. The molecule has 0 saturated carbocycles. The molecule has 22 heavy (non-hydrogen) atoms. The number of methoxy groups -OCH3 is 1. The Bertz CT molecular complexity index is 740. The summed E-state index contributed by atoms with van der Waals surface area (Å²) >= 11 is 0. The zero-order valence-corrected chi connectivity index (χ0v) is 12.0. The van der Waals surface area contributed by atoms with Gasteiger partial charge in [0.05, 0.1) is 12.0 Å². The Morgan fingerprint density at radius 3 is 2.59 bits per heavy atom. The number of nitro benzene ring substituents is 1. The Labute approximate surface area is 127 Å². The number of ether oxygens (including phenoxy) is 1. The highest BCUT2D eigenvalue weighted by molar-refractivity contribution is 6.07. The lowest BCUT2D eigenvalue weighted by Crippen LogP contribution is -2.28. The Balaban J connectivity index is 1.88. The van der Waals surface area contributed by atoms with Gasteiger partial charge < -0.3 is 9.64 Å². The standard InChI is InChI=1S/C16H14N2O4/c1-22-14-5-2-11(3-6-14)16(19)17-9-8-12-10-13(18(20)21)4-7-15(12)17/h2-7,10H,8-9H2,1H3. The number of hydrogen-bond donors (Lipinski definition) is 0. The number of nitro groups is 1. The van der Waals surface area contributed by atoms with Gasteiger partial charge in [-0.2, -0.15) is 0 Å². The van der Waals surface area contributed by atoms with Gasteiger partial charge in [-0.05, 0) is 42.3 Å². The van der Waals surface area contributed by atoms with E-state index < -0.39 is 4.92 Å². The Hall–Kier alpha value is -2.89. The van der Waals surface area contributed by atoms with E-state index in [0.29, 0.717) is 24.3 Å². The summed E-state index contributed by atoms with van der Waals surface area (Å²) in [6.07, 6.45) is 0.624. The second-order valence-electron chi connectivity index (χ2n) is 5.01. The summed E-state index contributed by atoms with van der Waals surface area (Å²) in [4.78, 5) is 24.6. The molecule has 0 N–H and O–H groups in total. The molecule has 0 fully saturated rings. The van der Waals surface area contributed by atoms with Crippen LogP contribution in [0, 0.1) is 10.1 Å². The minimum atomic E-state index is -0.422. The first-order chi connectivity index (χ1) is 10.6. The van der Waals surface area contributed by atoms with Crippen molar-refractivity contribution in [3.05, 3.63) is 63.7 Å². The third kappa shape index (κ3) is 2.39. The zero-order valence-electron chi connectivity index (χ0n) is 12.0. The van der Waals surface area contributed by atoms with Crippen LogP contribution < -0.4 is 9.64 Å². The molecule has 0 bridgehead atoms. The molecule has 6 heteroatoms. The van der Waals surface area contributed by atoms with Crippen molar-refractivity contribution in [2.75, 3.05) is 18.6 Å². The van der Waals surface area contributed by atoms with Crippen LogP contribution in [-0.2, 0) is 6.42 Å². The molecule has 3 rings (SSSR count). The van der Waals surface area contributed by atoms with Crippen LogP contribution in [0.3, 0.4) is 0 Å². The third-order valence-electron chi connectivity index (χ3n) is 3.75. The SMILES string of the molecule is COc1ccc(C(=O)N2CCc3cc([N+](=O)[O-])ccc32)cc1. The number of rotatable bonds is 3. The Morgan fingerprint density at radius 2 is 1.95 bits per heavy atom. The lowest BCUT2D eigenvalue weighted by atomic mass is 10.1. The first-order valence-corrected chi connectivity index (χ1v) is 6.83. The minimum Gasteiger partial charge on any atom is -0.497 e. The molecule has 0 aromatic heterocycles. The topological polar surface area (TPSA) is 72.7 Å². The van der Waals surface area contributed by atoms with Gasteiger partial charge >= 0.3 is 0 Å². The molecule has 1 aliphatic heterocycles. The van der Waals surface area contributed by atoms with Crippen LogP contribution in [0.15, 0.2) is 42.5 Å². The van der Waals surface area contributed by atoms with Gasteiger partial charge in [0.25, 0.3) is 11.6 Å². The number of non-ortho nitro benzene ring substituents is 1. The second kappa shape index (κ2) is 5.48. The summed E-state index contributed by atoms with van der Waals surface area (Å²) in [5.41, 5.74) is 2.19. The van der Waals surface area contributed by atoms with Crippen LogP contribution in [0.1, 0.15) is 15.9 Å². The molecule has 1 amide bonds. The molecular weight excluding hydrogens is 284 g/mol. The van der Waals surface area contributed by atoms with Gasteiger partial charge in [0.15, 0.2) is 0 Å². The zero-order chi connectivity index (χ0) is 15.7. The molecule has 1 aliphatic rings. The molecule has 0 unspecified atom stereocenters. The largest absolute Gasteiger partial charge is 0.497 e. The number of nitrogens with zero attached hydrogens (tertiary/aromatic N) is 2. The van der Waals surface area contributed by atoms with Crippen molar-refractivity contribution in [2.45, 2.75) is 6.42 Å². The van der Waals surface area contributed by atoms with Crippen molar-refractivity contribution in [3.63, 3.8) is 0 Å². The average Bonchev–Trinajstić information content (AvgIpc) is 2.97. The molecule has 0 spiro atoms. The van der Waals surface area contributed by atoms with Gasteiger partial charge in [0.1, 0.15) is 5.75 Å². The smallest absolute Gasteiger partial charge is 0.269 e. The lowest BCUT2D eigenvalue weighted by Gasteiger charge is -2.17. The number of fused-ring (bicyclic) bond motifs is 1. The minimum absolute atomic E-state index is 0.0532. The Morgan fingerprint density at radius 1 is 1.23 bits per heavy atom. The molecule has 2 aromatic carbocycles. The second-order valence-corrected chi connectivity index (χ2v) is 5.01. The van der Waals surface area contributed by atoms with Crippen LogP contribution in [0.4, 0.5) is 11.4 Å². The van der Waals surface area contributed by atoms with Gasteiger partial charge in [-0.15, -0.1) is 0 Å². The fraction of sp³-hybridized carbons (Fsp3) is 0.188. The van der Waals surface area contributed by atoms with E-state index >= 15 is 0 Å². The van der Waals surface area contributed by atoms with Crippen LogP contribution >= 0.6 is 0 Å². The predicted octanol–water partition coefficient (Wildman–Crippen LogP) is 2.81. The van der Waals surface area contributed by atoms with E-state index in [1.54, 1.807) is 42.3 Å². The van der Waals surface area contributed by atoms with Crippen molar-refractivity contribution in [1.82, 2.24) is 0 Å². The summed E-state index contributed by atoms with van der Waals surface area (Å²) in [6, 6.07) is 11.5. The molecule has 112 valence electrons. The molecule has 0 radical (unpaired) electrons. The number of benzene rings is 2. The van der Waals surface area contributed by atoms with Gasteiger partial charge in [0.2, 0.25) is 0 Å². The van der Waals surface area contributed by atoms with Crippen LogP contribution in [0.5, 0.6) is 5.75 Å². The summed E-state index contributed by atoms with van der Waals surface area (Å²) in [5.74, 6) is 0.573. The van der Waals surface area contributed by atoms with Crippen LogP contribution in [0.25, 0.3) is 0 Å². The number of carbonyl (C=O) groups is 1. The maximum absolute atomic E-state index is 12.6. The summed E-state index contributed by atoms with van der Waals surface area (Å²) in [5, 5.41) is 10.8. The monoisotopic (exact) mass is 298 g/mol. The maximum atomic E-state index is 12.6.